The fourth-order valence-corrected chi connectivity index (χ4v) is 3.83. The Hall–Kier alpha value is -0.770. The largest absolute Gasteiger partial charge is 0.391 e. The van der Waals surface area contributed by atoms with Gasteiger partial charge in [-0.1, -0.05) is 29.3 Å². The molecule has 1 N–H and O–H groups in total. The molecule has 0 radical (unpaired) electrons. The summed E-state index contributed by atoms with van der Waals surface area (Å²) in [6.07, 6.45) is 3.40. The van der Waals surface area contributed by atoms with Crippen LogP contribution in [0.4, 0.5) is 0 Å². The Morgan fingerprint density at radius 3 is 2.77 bits per heavy atom. The van der Waals surface area contributed by atoms with Gasteiger partial charge in [0.1, 0.15) is 0 Å². The summed E-state index contributed by atoms with van der Waals surface area (Å²) < 4.78 is 0. The van der Waals surface area contributed by atoms with Crippen molar-refractivity contribution in [3.05, 3.63) is 33.8 Å². The van der Waals surface area contributed by atoms with Crippen LogP contribution in [0.1, 0.15) is 44.1 Å². The molecule has 5 heteroatoms. The summed E-state index contributed by atoms with van der Waals surface area (Å²) in [5.41, 5.74) is 1.08. The molecule has 4 atom stereocenters. The molecule has 2 fully saturated rings. The first-order valence-electron chi connectivity index (χ1n) is 7.92. The Kier molecular flexibility index (Phi) is 4.67. The molecule has 22 heavy (non-hydrogen) atoms. The van der Waals surface area contributed by atoms with E-state index in [1.165, 1.54) is 0 Å². The monoisotopic (exact) mass is 341 g/mol. The Balaban J connectivity index is 1.70. The molecule has 1 amide bonds. The molecular formula is C17H21Cl2NO2. The van der Waals surface area contributed by atoms with Crippen LogP contribution in [0.2, 0.25) is 10.0 Å². The lowest BCUT2D eigenvalue weighted by atomic mass is 9.97. The Morgan fingerprint density at radius 1 is 1.32 bits per heavy atom. The summed E-state index contributed by atoms with van der Waals surface area (Å²) in [7, 11) is 0. The predicted molar refractivity (Wildman–Crippen MR) is 88.3 cm³/mol. The lowest BCUT2D eigenvalue weighted by molar-refractivity contribution is -0.139. The molecule has 0 spiro atoms. The first-order chi connectivity index (χ1) is 10.5. The zero-order valence-corrected chi connectivity index (χ0v) is 14.1. The fraction of sp³-hybridized carbons (Fsp3) is 0.588. The predicted octanol–water partition coefficient (Wildman–Crippen LogP) is 3.86. The SMILES string of the molecule is CC(O)C1CCCCN1C(=O)C1CC1c1ccc(Cl)c(Cl)c1. The third-order valence-corrected chi connectivity index (χ3v) is 5.61. The number of nitrogens with zero attached hydrogens (tertiary/aromatic N) is 1. The third kappa shape index (κ3) is 3.12. The van der Waals surface area contributed by atoms with Crippen molar-refractivity contribution in [3.8, 4) is 0 Å². The molecule has 4 unspecified atom stereocenters. The molecule has 1 heterocycles. The summed E-state index contributed by atoms with van der Waals surface area (Å²) in [6, 6.07) is 5.58. The quantitative estimate of drug-likeness (QED) is 0.906. The molecule has 1 aliphatic heterocycles. The second-order valence-electron chi connectivity index (χ2n) is 6.46. The molecule has 0 aromatic heterocycles. The highest BCUT2D eigenvalue weighted by Gasteiger charge is 2.47. The molecule has 1 saturated carbocycles. The Morgan fingerprint density at radius 2 is 2.09 bits per heavy atom. The molecule has 1 saturated heterocycles. The Bertz CT molecular complexity index is 576. The highest BCUT2D eigenvalue weighted by molar-refractivity contribution is 6.42. The van der Waals surface area contributed by atoms with Gasteiger partial charge in [-0.15, -0.1) is 0 Å². The van der Waals surface area contributed by atoms with Crippen molar-refractivity contribution < 1.29 is 9.90 Å². The first kappa shape index (κ1) is 16.1. The van der Waals surface area contributed by atoms with Crippen molar-refractivity contribution in [2.75, 3.05) is 6.54 Å². The second-order valence-corrected chi connectivity index (χ2v) is 7.27. The summed E-state index contributed by atoms with van der Waals surface area (Å²) in [5.74, 6) is 0.442. The van der Waals surface area contributed by atoms with Crippen LogP contribution in [0.3, 0.4) is 0 Å². The standard InChI is InChI=1S/C17H21Cl2NO2/c1-10(21)16-4-2-3-7-20(16)17(22)13-9-12(13)11-5-6-14(18)15(19)8-11/h5-6,8,10,12-13,16,21H,2-4,7,9H2,1H3. The number of hydrogen-bond acceptors (Lipinski definition) is 2. The van der Waals surface area contributed by atoms with E-state index in [9.17, 15) is 9.90 Å². The van der Waals surface area contributed by atoms with Crippen molar-refractivity contribution in [1.82, 2.24) is 4.90 Å². The van der Waals surface area contributed by atoms with E-state index < -0.39 is 6.10 Å². The number of carbonyl (C=O) groups is 1. The molecule has 2 aliphatic rings. The van der Waals surface area contributed by atoms with Crippen LogP contribution in [0.15, 0.2) is 18.2 Å². The number of benzene rings is 1. The first-order valence-corrected chi connectivity index (χ1v) is 8.68. The lowest BCUT2D eigenvalue weighted by Crippen LogP contribution is -2.49. The summed E-state index contributed by atoms with van der Waals surface area (Å²) in [6.45, 7) is 2.54. The smallest absolute Gasteiger partial charge is 0.226 e. The van der Waals surface area contributed by atoms with E-state index in [1.807, 2.05) is 17.0 Å². The number of rotatable bonds is 3. The number of amides is 1. The summed E-state index contributed by atoms with van der Waals surface area (Å²) >= 11 is 12.0. The number of hydrogen-bond donors (Lipinski definition) is 1. The van der Waals surface area contributed by atoms with Crippen LogP contribution in [0, 0.1) is 5.92 Å². The van der Waals surface area contributed by atoms with Gasteiger partial charge in [-0.25, -0.2) is 0 Å². The van der Waals surface area contributed by atoms with Crippen molar-refractivity contribution in [2.24, 2.45) is 5.92 Å². The van der Waals surface area contributed by atoms with Gasteiger partial charge >= 0.3 is 0 Å². The summed E-state index contributed by atoms with van der Waals surface area (Å²) in [5, 5.41) is 11.0. The zero-order chi connectivity index (χ0) is 15.9. The third-order valence-electron chi connectivity index (χ3n) is 4.87. The minimum absolute atomic E-state index is 0.0246. The second kappa shape index (κ2) is 6.38. The Labute approximate surface area is 141 Å². The van der Waals surface area contributed by atoms with Gasteiger partial charge in [0.15, 0.2) is 0 Å². The van der Waals surface area contributed by atoms with E-state index in [-0.39, 0.29) is 23.8 Å². The maximum Gasteiger partial charge on any atom is 0.226 e. The number of carbonyl (C=O) groups excluding carboxylic acids is 1. The maximum absolute atomic E-state index is 12.8. The van der Waals surface area contributed by atoms with Crippen LogP contribution in [-0.4, -0.2) is 34.6 Å². The van der Waals surface area contributed by atoms with Gasteiger partial charge in [-0.05, 0) is 56.2 Å². The number of aliphatic hydroxyl groups excluding tert-OH is 1. The average Bonchev–Trinajstić information content (AvgIpc) is 3.30. The number of aliphatic hydroxyl groups is 1. The van der Waals surface area contributed by atoms with E-state index in [0.29, 0.717) is 10.0 Å². The zero-order valence-electron chi connectivity index (χ0n) is 12.6. The normalized spacial score (nSPS) is 29.3. The van der Waals surface area contributed by atoms with Gasteiger partial charge in [0.25, 0.3) is 0 Å². The minimum atomic E-state index is -0.466. The van der Waals surface area contributed by atoms with Crippen LogP contribution >= 0.6 is 23.2 Å². The molecule has 3 rings (SSSR count). The number of piperidine rings is 1. The van der Waals surface area contributed by atoms with Gasteiger partial charge in [0.05, 0.1) is 22.2 Å². The van der Waals surface area contributed by atoms with Crippen molar-refractivity contribution in [1.29, 1.82) is 0 Å². The molecule has 1 aliphatic carbocycles. The van der Waals surface area contributed by atoms with Crippen LogP contribution in [0.25, 0.3) is 0 Å². The van der Waals surface area contributed by atoms with Crippen molar-refractivity contribution in [3.63, 3.8) is 0 Å². The maximum atomic E-state index is 12.8. The topological polar surface area (TPSA) is 40.5 Å². The van der Waals surface area contributed by atoms with Crippen LogP contribution in [0.5, 0.6) is 0 Å². The molecule has 0 bridgehead atoms. The van der Waals surface area contributed by atoms with Crippen molar-refractivity contribution in [2.45, 2.75) is 50.7 Å². The average molecular weight is 342 g/mol. The van der Waals surface area contributed by atoms with Gasteiger partial charge in [-0.3, -0.25) is 4.79 Å². The van der Waals surface area contributed by atoms with E-state index in [0.717, 1.165) is 37.8 Å². The molecule has 1 aromatic carbocycles. The van der Waals surface area contributed by atoms with E-state index >= 15 is 0 Å². The minimum Gasteiger partial charge on any atom is -0.391 e. The number of halogens is 2. The van der Waals surface area contributed by atoms with Crippen LogP contribution in [-0.2, 0) is 4.79 Å². The highest BCUT2D eigenvalue weighted by Crippen LogP contribution is 2.50. The van der Waals surface area contributed by atoms with Gasteiger partial charge in [-0.2, -0.15) is 0 Å². The number of likely N-dealkylation sites (tertiary alicyclic amines) is 1. The molecule has 120 valence electrons. The molecule has 1 aromatic rings. The lowest BCUT2D eigenvalue weighted by Gasteiger charge is -2.37. The van der Waals surface area contributed by atoms with Crippen molar-refractivity contribution >= 4 is 29.1 Å². The highest BCUT2D eigenvalue weighted by atomic mass is 35.5. The van der Waals surface area contributed by atoms with Gasteiger partial charge in [0.2, 0.25) is 5.91 Å². The fourth-order valence-electron chi connectivity index (χ4n) is 3.52. The van der Waals surface area contributed by atoms with Crippen LogP contribution < -0.4 is 0 Å². The van der Waals surface area contributed by atoms with E-state index in [2.05, 4.69) is 0 Å². The molecule has 3 nitrogen and oxygen atoms in total. The van der Waals surface area contributed by atoms with E-state index in [4.69, 9.17) is 23.2 Å². The molecular weight excluding hydrogens is 321 g/mol. The van der Waals surface area contributed by atoms with Gasteiger partial charge < -0.3 is 10.0 Å². The summed E-state index contributed by atoms with van der Waals surface area (Å²) in [4.78, 5) is 14.7. The van der Waals surface area contributed by atoms with E-state index in [1.54, 1.807) is 13.0 Å². The van der Waals surface area contributed by atoms with Gasteiger partial charge in [0, 0.05) is 12.5 Å².